The molecule has 1 aromatic heterocycles. The van der Waals surface area contributed by atoms with Gasteiger partial charge in [0, 0.05) is 22.5 Å². The van der Waals surface area contributed by atoms with Gasteiger partial charge in [0.05, 0.1) is 26.1 Å². The lowest BCUT2D eigenvalue weighted by molar-refractivity contribution is 0.0954. The Labute approximate surface area is 177 Å². The predicted molar refractivity (Wildman–Crippen MR) is 119 cm³/mol. The normalized spacial score (nSPS) is 11.0. The lowest BCUT2D eigenvalue weighted by atomic mass is 10.1. The van der Waals surface area contributed by atoms with Crippen molar-refractivity contribution in [3.63, 3.8) is 0 Å². The Hall–Kier alpha value is -3.54. The summed E-state index contributed by atoms with van der Waals surface area (Å²) in [6, 6.07) is 13.3. The third-order valence-electron chi connectivity index (χ3n) is 5.15. The minimum absolute atomic E-state index is 0.323. The van der Waals surface area contributed by atoms with E-state index in [1.165, 1.54) is 23.9 Å². The molecular formula is C24H27N3O3. The molecule has 0 aliphatic rings. The zero-order chi connectivity index (χ0) is 21.8. The van der Waals surface area contributed by atoms with E-state index in [-0.39, 0.29) is 5.91 Å². The molecule has 2 aromatic carbocycles. The number of nitrogens with one attached hydrogen (secondary N) is 1. The lowest BCUT2D eigenvalue weighted by Crippen LogP contribution is -2.17. The van der Waals surface area contributed by atoms with E-state index in [0.29, 0.717) is 17.1 Å². The number of hydrogen-bond donors (Lipinski definition) is 1. The van der Waals surface area contributed by atoms with Crippen LogP contribution in [0.3, 0.4) is 0 Å². The molecule has 6 nitrogen and oxygen atoms in total. The first-order valence-electron chi connectivity index (χ1n) is 9.68. The van der Waals surface area contributed by atoms with Crippen molar-refractivity contribution < 1.29 is 14.3 Å². The Kier molecular flexibility index (Phi) is 6.26. The first kappa shape index (κ1) is 21.2. The molecule has 1 heterocycles. The van der Waals surface area contributed by atoms with E-state index >= 15 is 0 Å². The van der Waals surface area contributed by atoms with Gasteiger partial charge in [-0.05, 0) is 63.1 Å². The fraction of sp³-hybridized carbons (Fsp3) is 0.250. The molecule has 0 fully saturated rings. The summed E-state index contributed by atoms with van der Waals surface area (Å²) in [5.41, 5.74) is 9.74. The zero-order valence-electron chi connectivity index (χ0n) is 18.2. The molecule has 1 N–H and O–H groups in total. The van der Waals surface area contributed by atoms with E-state index in [4.69, 9.17) is 9.47 Å². The van der Waals surface area contributed by atoms with Gasteiger partial charge in [-0.15, -0.1) is 0 Å². The average Bonchev–Trinajstić information content (AvgIpc) is 3.01. The molecule has 0 unspecified atom stereocenters. The van der Waals surface area contributed by atoms with E-state index < -0.39 is 0 Å². The molecule has 0 aliphatic heterocycles. The monoisotopic (exact) mass is 405 g/mol. The van der Waals surface area contributed by atoms with Crippen molar-refractivity contribution in [3.05, 3.63) is 76.1 Å². The molecule has 1 amide bonds. The average molecular weight is 405 g/mol. The summed E-state index contributed by atoms with van der Waals surface area (Å²) in [7, 11) is 3.08. The number of carbonyl (C=O) groups excluding carboxylic acids is 1. The molecule has 30 heavy (non-hydrogen) atoms. The standard InChI is InChI=1S/C24H27N3O3/c1-15-8-7-9-16(2)23(15)27-17(3)12-20(18(27)4)14-25-26-24(28)19-10-11-21(29-5)22(13-19)30-6/h7-14H,1-6H3,(H,26,28)/b25-14-. The van der Waals surface area contributed by atoms with E-state index in [9.17, 15) is 4.79 Å². The number of aryl methyl sites for hydroxylation is 3. The molecule has 0 saturated heterocycles. The Balaban J connectivity index is 1.82. The fourth-order valence-corrected chi connectivity index (χ4v) is 3.62. The molecule has 6 heteroatoms. The van der Waals surface area contributed by atoms with E-state index in [0.717, 1.165) is 17.0 Å². The first-order chi connectivity index (χ1) is 14.4. The number of ether oxygens (including phenoxy) is 2. The van der Waals surface area contributed by atoms with Crippen LogP contribution in [0, 0.1) is 27.7 Å². The second-order valence-corrected chi connectivity index (χ2v) is 7.17. The van der Waals surface area contributed by atoms with Gasteiger partial charge < -0.3 is 14.0 Å². The number of hydrazone groups is 1. The van der Waals surface area contributed by atoms with Crippen LogP contribution in [0.5, 0.6) is 11.5 Å². The van der Waals surface area contributed by atoms with Crippen LogP contribution >= 0.6 is 0 Å². The molecule has 156 valence electrons. The number of carbonyl (C=O) groups is 1. The Bertz CT molecular complexity index is 1090. The number of methoxy groups -OCH3 is 2. The Morgan fingerprint density at radius 3 is 2.27 bits per heavy atom. The zero-order valence-corrected chi connectivity index (χ0v) is 18.2. The lowest BCUT2D eigenvalue weighted by Gasteiger charge is -2.15. The number of hydrogen-bond acceptors (Lipinski definition) is 4. The second-order valence-electron chi connectivity index (χ2n) is 7.17. The highest BCUT2D eigenvalue weighted by Crippen LogP contribution is 2.28. The predicted octanol–water partition coefficient (Wildman–Crippen LogP) is 4.49. The number of benzene rings is 2. The molecule has 0 atom stereocenters. The fourth-order valence-electron chi connectivity index (χ4n) is 3.62. The quantitative estimate of drug-likeness (QED) is 0.485. The highest BCUT2D eigenvalue weighted by Gasteiger charge is 2.14. The van der Waals surface area contributed by atoms with Gasteiger partial charge in [-0.3, -0.25) is 4.79 Å². The number of aromatic nitrogens is 1. The van der Waals surface area contributed by atoms with Crippen LogP contribution in [0.2, 0.25) is 0 Å². The van der Waals surface area contributed by atoms with Crippen molar-refractivity contribution in [2.24, 2.45) is 5.10 Å². The largest absolute Gasteiger partial charge is 0.493 e. The first-order valence-corrected chi connectivity index (χ1v) is 9.68. The van der Waals surface area contributed by atoms with Crippen molar-refractivity contribution in [1.82, 2.24) is 9.99 Å². The third kappa shape index (κ3) is 4.08. The van der Waals surface area contributed by atoms with Gasteiger partial charge in [0.25, 0.3) is 5.91 Å². The number of rotatable bonds is 6. The van der Waals surface area contributed by atoms with E-state index in [2.05, 4.69) is 67.1 Å². The second kappa shape index (κ2) is 8.86. The molecule has 0 bridgehead atoms. The van der Waals surface area contributed by atoms with Crippen molar-refractivity contribution in [2.45, 2.75) is 27.7 Å². The molecule has 0 saturated carbocycles. The molecule has 0 radical (unpaired) electrons. The van der Waals surface area contributed by atoms with Crippen molar-refractivity contribution in [2.75, 3.05) is 14.2 Å². The summed E-state index contributed by atoms with van der Waals surface area (Å²) < 4.78 is 12.7. The van der Waals surface area contributed by atoms with Crippen LogP contribution in [0.15, 0.2) is 47.6 Å². The number of nitrogens with zero attached hydrogens (tertiary/aromatic N) is 2. The van der Waals surface area contributed by atoms with Crippen molar-refractivity contribution >= 4 is 12.1 Å². The maximum atomic E-state index is 12.4. The summed E-state index contributed by atoms with van der Waals surface area (Å²) in [6.45, 7) is 8.34. The van der Waals surface area contributed by atoms with Crippen LogP contribution in [0.1, 0.15) is 38.4 Å². The topological polar surface area (TPSA) is 64.8 Å². The highest BCUT2D eigenvalue weighted by atomic mass is 16.5. The summed E-state index contributed by atoms with van der Waals surface area (Å²) in [5.74, 6) is 0.735. The minimum Gasteiger partial charge on any atom is -0.493 e. The van der Waals surface area contributed by atoms with Gasteiger partial charge in [0.15, 0.2) is 11.5 Å². The summed E-state index contributed by atoms with van der Waals surface area (Å²) in [6.07, 6.45) is 1.67. The van der Waals surface area contributed by atoms with Crippen LogP contribution in [-0.2, 0) is 0 Å². The van der Waals surface area contributed by atoms with Crippen LogP contribution in [-0.4, -0.2) is 30.9 Å². The maximum Gasteiger partial charge on any atom is 0.271 e. The summed E-state index contributed by atoms with van der Waals surface area (Å²) in [4.78, 5) is 12.4. The maximum absolute atomic E-state index is 12.4. The van der Waals surface area contributed by atoms with Gasteiger partial charge in [0.1, 0.15) is 0 Å². The van der Waals surface area contributed by atoms with Crippen LogP contribution in [0.25, 0.3) is 5.69 Å². The molecular weight excluding hydrogens is 378 g/mol. The molecule has 0 spiro atoms. The van der Waals surface area contributed by atoms with E-state index in [1.807, 2.05) is 0 Å². The molecule has 3 aromatic rings. The van der Waals surface area contributed by atoms with E-state index in [1.54, 1.807) is 31.5 Å². The number of amides is 1. The minimum atomic E-state index is -0.323. The molecule has 3 rings (SSSR count). The molecule has 0 aliphatic carbocycles. The number of para-hydroxylation sites is 1. The smallest absolute Gasteiger partial charge is 0.271 e. The van der Waals surface area contributed by atoms with Crippen molar-refractivity contribution in [3.8, 4) is 17.2 Å². The van der Waals surface area contributed by atoms with Crippen LogP contribution < -0.4 is 14.9 Å². The van der Waals surface area contributed by atoms with Gasteiger partial charge in [-0.25, -0.2) is 5.43 Å². The van der Waals surface area contributed by atoms with Gasteiger partial charge in [0.2, 0.25) is 0 Å². The van der Waals surface area contributed by atoms with Gasteiger partial charge >= 0.3 is 0 Å². The Morgan fingerprint density at radius 1 is 0.967 bits per heavy atom. The van der Waals surface area contributed by atoms with Crippen LogP contribution in [0.4, 0.5) is 0 Å². The SMILES string of the molecule is COc1ccc(C(=O)N/N=C\c2cc(C)n(-c3c(C)cccc3C)c2C)cc1OC. The summed E-state index contributed by atoms with van der Waals surface area (Å²) >= 11 is 0. The third-order valence-corrected chi connectivity index (χ3v) is 5.15. The van der Waals surface area contributed by atoms with Gasteiger partial charge in [-0.1, -0.05) is 18.2 Å². The Morgan fingerprint density at radius 2 is 1.63 bits per heavy atom. The highest BCUT2D eigenvalue weighted by molar-refractivity contribution is 5.95. The van der Waals surface area contributed by atoms with Crippen molar-refractivity contribution in [1.29, 1.82) is 0 Å². The van der Waals surface area contributed by atoms with Gasteiger partial charge in [-0.2, -0.15) is 5.10 Å². The summed E-state index contributed by atoms with van der Waals surface area (Å²) in [5, 5.41) is 4.16.